The van der Waals surface area contributed by atoms with Gasteiger partial charge in [-0.25, -0.2) is 4.79 Å². The number of halogens is 2. The highest BCUT2D eigenvalue weighted by atomic mass is 35.5. The fourth-order valence-corrected chi connectivity index (χ4v) is 3.17. The number of amides is 1. The molecule has 0 spiro atoms. The number of esters is 1. The molecule has 2 rings (SSSR count). The molecule has 0 aliphatic heterocycles. The number of anilines is 2. The van der Waals surface area contributed by atoms with E-state index in [1.54, 1.807) is 19.1 Å². The van der Waals surface area contributed by atoms with Gasteiger partial charge in [0.05, 0.1) is 28.3 Å². The Kier molecular flexibility index (Phi) is 4.95. The van der Waals surface area contributed by atoms with Crippen molar-refractivity contribution in [2.45, 2.75) is 6.92 Å². The second-order valence-electron chi connectivity index (χ2n) is 4.37. The lowest BCUT2D eigenvalue weighted by atomic mass is 10.1. The van der Waals surface area contributed by atoms with Crippen molar-refractivity contribution in [1.82, 2.24) is 0 Å². The van der Waals surface area contributed by atoms with Gasteiger partial charge in [-0.15, -0.1) is 11.3 Å². The molecular formula is C14H12Cl2N2O3S. The van der Waals surface area contributed by atoms with Crippen LogP contribution >= 0.6 is 34.5 Å². The maximum absolute atomic E-state index is 12.4. The maximum atomic E-state index is 12.4. The highest BCUT2D eigenvalue weighted by Crippen LogP contribution is 2.32. The van der Waals surface area contributed by atoms with Crippen LogP contribution in [0.5, 0.6) is 0 Å². The van der Waals surface area contributed by atoms with Gasteiger partial charge in [0.15, 0.2) is 0 Å². The van der Waals surface area contributed by atoms with Gasteiger partial charge in [0.1, 0.15) is 5.00 Å². The topological polar surface area (TPSA) is 81.4 Å². The lowest BCUT2D eigenvalue weighted by molar-refractivity contribution is 0.0601. The first-order valence-electron chi connectivity index (χ1n) is 6.08. The van der Waals surface area contributed by atoms with E-state index >= 15 is 0 Å². The minimum Gasteiger partial charge on any atom is -0.465 e. The SMILES string of the molecule is COC(=O)c1c(N)sc(C(=O)Nc2cc(Cl)ccc2Cl)c1C. The Balaban J connectivity index is 2.35. The number of carbonyl (C=O) groups excluding carboxylic acids is 2. The molecule has 0 fully saturated rings. The van der Waals surface area contributed by atoms with E-state index in [1.807, 2.05) is 0 Å². The molecule has 1 amide bonds. The van der Waals surface area contributed by atoms with Crippen molar-refractivity contribution in [1.29, 1.82) is 0 Å². The smallest absolute Gasteiger partial charge is 0.341 e. The summed E-state index contributed by atoms with van der Waals surface area (Å²) in [4.78, 5) is 24.4. The Morgan fingerprint density at radius 1 is 1.32 bits per heavy atom. The molecule has 22 heavy (non-hydrogen) atoms. The van der Waals surface area contributed by atoms with E-state index < -0.39 is 11.9 Å². The number of ether oxygens (including phenoxy) is 1. The molecule has 0 saturated heterocycles. The fourth-order valence-electron chi connectivity index (χ4n) is 1.88. The Hall–Kier alpha value is -1.76. The van der Waals surface area contributed by atoms with Gasteiger partial charge in [-0.1, -0.05) is 23.2 Å². The summed E-state index contributed by atoms with van der Waals surface area (Å²) in [7, 11) is 1.25. The second kappa shape index (κ2) is 6.56. The lowest BCUT2D eigenvalue weighted by Crippen LogP contribution is -2.12. The monoisotopic (exact) mass is 358 g/mol. The van der Waals surface area contributed by atoms with Crippen LogP contribution in [0.4, 0.5) is 10.7 Å². The van der Waals surface area contributed by atoms with Crippen LogP contribution in [0, 0.1) is 6.92 Å². The summed E-state index contributed by atoms with van der Waals surface area (Å²) in [6, 6.07) is 4.73. The van der Waals surface area contributed by atoms with Gasteiger partial charge in [-0.3, -0.25) is 4.79 Å². The van der Waals surface area contributed by atoms with Gasteiger partial charge in [-0.05, 0) is 30.7 Å². The Morgan fingerprint density at radius 3 is 2.64 bits per heavy atom. The van der Waals surface area contributed by atoms with Gasteiger partial charge >= 0.3 is 5.97 Å². The molecule has 0 radical (unpaired) electrons. The highest BCUT2D eigenvalue weighted by Gasteiger charge is 2.24. The van der Waals surface area contributed by atoms with Crippen LogP contribution in [0.2, 0.25) is 10.0 Å². The molecule has 0 unspecified atom stereocenters. The maximum Gasteiger partial charge on any atom is 0.341 e. The van der Waals surface area contributed by atoms with Gasteiger partial charge in [-0.2, -0.15) is 0 Å². The molecule has 3 N–H and O–H groups in total. The standard InChI is InChI=1S/C14H12Cl2N2O3S/c1-6-10(14(20)21-2)12(17)22-11(6)13(19)18-9-5-7(15)3-4-8(9)16/h3-5H,17H2,1-2H3,(H,18,19). The number of nitrogen functional groups attached to an aromatic ring is 1. The zero-order valence-electron chi connectivity index (χ0n) is 11.7. The minimum absolute atomic E-state index is 0.204. The number of carbonyl (C=O) groups is 2. The normalized spacial score (nSPS) is 10.4. The Bertz CT molecular complexity index is 759. The van der Waals surface area contributed by atoms with E-state index in [2.05, 4.69) is 10.1 Å². The molecule has 1 aromatic heterocycles. The largest absolute Gasteiger partial charge is 0.465 e. The summed E-state index contributed by atoms with van der Waals surface area (Å²) in [6.45, 7) is 1.63. The predicted octanol–water partition coefficient (Wildman–Crippen LogP) is 3.98. The van der Waals surface area contributed by atoms with E-state index in [1.165, 1.54) is 13.2 Å². The van der Waals surface area contributed by atoms with E-state index in [-0.39, 0.29) is 10.6 Å². The van der Waals surface area contributed by atoms with Crippen molar-refractivity contribution in [2.75, 3.05) is 18.2 Å². The third-order valence-corrected chi connectivity index (χ3v) is 4.63. The average Bonchev–Trinajstić information content (AvgIpc) is 2.77. The first kappa shape index (κ1) is 16.6. The summed E-state index contributed by atoms with van der Waals surface area (Å²) in [6.07, 6.45) is 0. The van der Waals surface area contributed by atoms with Crippen LogP contribution in [0.3, 0.4) is 0 Å². The summed E-state index contributed by atoms with van der Waals surface area (Å²) < 4.78 is 4.66. The number of hydrogen-bond donors (Lipinski definition) is 2. The van der Waals surface area contributed by atoms with E-state index in [0.29, 0.717) is 26.2 Å². The van der Waals surface area contributed by atoms with Crippen molar-refractivity contribution >= 4 is 57.1 Å². The third-order valence-electron chi connectivity index (χ3n) is 2.95. The number of nitrogens with one attached hydrogen (secondary N) is 1. The predicted molar refractivity (Wildman–Crippen MR) is 89.2 cm³/mol. The zero-order valence-corrected chi connectivity index (χ0v) is 14.0. The quantitative estimate of drug-likeness (QED) is 0.812. The molecule has 0 aliphatic rings. The number of hydrogen-bond acceptors (Lipinski definition) is 5. The minimum atomic E-state index is -0.578. The number of rotatable bonds is 3. The van der Waals surface area contributed by atoms with Crippen LogP contribution in [-0.2, 0) is 4.74 Å². The first-order valence-corrected chi connectivity index (χ1v) is 7.66. The van der Waals surface area contributed by atoms with Gasteiger partial charge < -0.3 is 15.8 Å². The number of benzene rings is 1. The molecule has 116 valence electrons. The summed E-state index contributed by atoms with van der Waals surface area (Å²) in [5.41, 5.74) is 6.84. The first-order chi connectivity index (χ1) is 10.3. The van der Waals surface area contributed by atoms with Crippen LogP contribution < -0.4 is 11.1 Å². The van der Waals surface area contributed by atoms with Crippen LogP contribution in [-0.4, -0.2) is 19.0 Å². The highest BCUT2D eigenvalue weighted by molar-refractivity contribution is 7.18. The zero-order chi connectivity index (χ0) is 16.4. The average molecular weight is 359 g/mol. The number of nitrogens with two attached hydrogens (primary N) is 1. The van der Waals surface area contributed by atoms with Crippen LogP contribution in [0.15, 0.2) is 18.2 Å². The van der Waals surface area contributed by atoms with E-state index in [0.717, 1.165) is 11.3 Å². The molecule has 1 aromatic carbocycles. The van der Waals surface area contributed by atoms with E-state index in [4.69, 9.17) is 28.9 Å². The fraction of sp³-hybridized carbons (Fsp3) is 0.143. The molecular weight excluding hydrogens is 347 g/mol. The molecule has 2 aromatic rings. The summed E-state index contributed by atoms with van der Waals surface area (Å²) in [5.74, 6) is -1.00. The molecule has 0 saturated carbocycles. The molecule has 8 heteroatoms. The van der Waals surface area contributed by atoms with Gasteiger partial charge in [0.25, 0.3) is 5.91 Å². The summed E-state index contributed by atoms with van der Waals surface area (Å²) in [5, 5.41) is 3.68. The van der Waals surface area contributed by atoms with Crippen molar-refractivity contribution in [3.63, 3.8) is 0 Å². The Labute approximate surface area is 141 Å². The van der Waals surface area contributed by atoms with Crippen LogP contribution in [0.1, 0.15) is 25.6 Å². The van der Waals surface area contributed by atoms with E-state index in [9.17, 15) is 9.59 Å². The number of thiophene rings is 1. The third kappa shape index (κ3) is 3.19. The molecule has 0 bridgehead atoms. The van der Waals surface area contributed by atoms with Crippen molar-refractivity contribution in [3.05, 3.63) is 44.2 Å². The summed E-state index contributed by atoms with van der Waals surface area (Å²) >= 11 is 12.9. The van der Waals surface area contributed by atoms with Crippen molar-refractivity contribution < 1.29 is 14.3 Å². The Morgan fingerprint density at radius 2 is 2.00 bits per heavy atom. The number of methoxy groups -OCH3 is 1. The molecule has 1 heterocycles. The van der Waals surface area contributed by atoms with Crippen molar-refractivity contribution in [3.8, 4) is 0 Å². The lowest BCUT2D eigenvalue weighted by Gasteiger charge is -2.07. The van der Waals surface area contributed by atoms with Gasteiger partial charge in [0.2, 0.25) is 0 Å². The molecule has 0 aliphatic carbocycles. The van der Waals surface area contributed by atoms with Crippen molar-refractivity contribution in [2.24, 2.45) is 0 Å². The second-order valence-corrected chi connectivity index (χ2v) is 6.26. The molecule has 5 nitrogen and oxygen atoms in total. The van der Waals surface area contributed by atoms with Crippen LogP contribution in [0.25, 0.3) is 0 Å². The molecule has 0 atom stereocenters. The van der Waals surface area contributed by atoms with Gasteiger partial charge in [0, 0.05) is 5.02 Å².